The molecule has 8 heteroatoms. The first kappa shape index (κ1) is 14.4. The minimum atomic E-state index is -1.59. The van der Waals surface area contributed by atoms with Crippen molar-refractivity contribution in [3.05, 3.63) is 46.0 Å². The Balaban J connectivity index is 2.62. The zero-order valence-electron chi connectivity index (χ0n) is 10.4. The van der Waals surface area contributed by atoms with Gasteiger partial charge in [0.2, 0.25) is 0 Å². The molecule has 0 bridgehead atoms. The van der Waals surface area contributed by atoms with Gasteiger partial charge in [-0.15, -0.1) is 0 Å². The van der Waals surface area contributed by atoms with Crippen LogP contribution >= 0.6 is 11.6 Å². The molecule has 2 aromatic rings. The molecule has 0 unspecified atom stereocenters. The van der Waals surface area contributed by atoms with Gasteiger partial charge in [-0.2, -0.15) is 5.10 Å². The van der Waals surface area contributed by atoms with Crippen LogP contribution in [0.5, 0.6) is 0 Å². The van der Waals surface area contributed by atoms with Crippen LogP contribution < -0.4 is 0 Å². The van der Waals surface area contributed by atoms with Gasteiger partial charge in [-0.3, -0.25) is 0 Å². The topological polar surface area (TPSA) is 44.1 Å². The molecule has 0 amide bonds. The molecule has 2 rings (SSSR count). The largest absolute Gasteiger partial charge is 0.464 e. The highest BCUT2D eigenvalue weighted by molar-refractivity contribution is 6.34. The Morgan fingerprint density at radius 3 is 2.35 bits per heavy atom. The lowest BCUT2D eigenvalue weighted by Crippen LogP contribution is -2.06. The maximum atomic E-state index is 13.2. The predicted octanol–water partition coefficient (Wildman–Crippen LogP) is 3.04. The van der Waals surface area contributed by atoms with Gasteiger partial charge in [0.25, 0.3) is 0 Å². The number of ether oxygens (including phenoxy) is 1. The van der Waals surface area contributed by atoms with Crippen molar-refractivity contribution >= 4 is 17.6 Å². The molecule has 0 saturated carbocycles. The first-order chi connectivity index (χ1) is 9.36. The van der Waals surface area contributed by atoms with Gasteiger partial charge in [-0.25, -0.2) is 22.6 Å². The summed E-state index contributed by atoms with van der Waals surface area (Å²) in [6.45, 7) is 1.49. The van der Waals surface area contributed by atoms with Gasteiger partial charge in [-0.05, 0) is 6.92 Å². The number of carbonyl (C=O) groups excluding carboxylic acids is 1. The van der Waals surface area contributed by atoms with Crippen molar-refractivity contribution in [2.75, 3.05) is 7.11 Å². The van der Waals surface area contributed by atoms with E-state index in [0.717, 1.165) is 23.9 Å². The van der Waals surface area contributed by atoms with Crippen molar-refractivity contribution in [2.24, 2.45) is 0 Å². The highest BCUT2D eigenvalue weighted by atomic mass is 35.5. The number of methoxy groups -OCH3 is 1. The van der Waals surface area contributed by atoms with E-state index in [4.69, 9.17) is 11.6 Å². The SMILES string of the molecule is COC(=O)c1nn(-c2cc(F)c(F)c(F)c2)c(C)c1Cl. The molecule has 106 valence electrons. The summed E-state index contributed by atoms with van der Waals surface area (Å²) in [6.07, 6.45) is 0. The fraction of sp³-hybridized carbons (Fsp3) is 0.167. The third-order valence-corrected chi connectivity index (χ3v) is 3.09. The molecule has 0 aliphatic rings. The van der Waals surface area contributed by atoms with Crippen LogP contribution in [0.15, 0.2) is 12.1 Å². The Hall–Kier alpha value is -2.02. The maximum absolute atomic E-state index is 13.2. The van der Waals surface area contributed by atoms with Crippen molar-refractivity contribution in [1.29, 1.82) is 0 Å². The molecule has 4 nitrogen and oxygen atoms in total. The predicted molar refractivity (Wildman–Crippen MR) is 64.5 cm³/mol. The Morgan fingerprint density at radius 1 is 1.30 bits per heavy atom. The lowest BCUT2D eigenvalue weighted by atomic mass is 10.3. The van der Waals surface area contributed by atoms with Crippen molar-refractivity contribution in [1.82, 2.24) is 9.78 Å². The molecule has 1 heterocycles. The Morgan fingerprint density at radius 2 is 1.85 bits per heavy atom. The lowest BCUT2D eigenvalue weighted by Gasteiger charge is -2.05. The molecular formula is C12H8ClF3N2O2. The number of carbonyl (C=O) groups is 1. The normalized spacial score (nSPS) is 10.7. The number of esters is 1. The number of nitrogens with zero attached hydrogens (tertiary/aromatic N) is 2. The maximum Gasteiger partial charge on any atom is 0.360 e. The molecule has 0 fully saturated rings. The minimum Gasteiger partial charge on any atom is -0.464 e. The van der Waals surface area contributed by atoms with Gasteiger partial charge in [0, 0.05) is 12.1 Å². The number of aromatic nitrogens is 2. The van der Waals surface area contributed by atoms with E-state index >= 15 is 0 Å². The van der Waals surface area contributed by atoms with Gasteiger partial charge in [-0.1, -0.05) is 11.6 Å². The fourth-order valence-corrected chi connectivity index (χ4v) is 1.82. The zero-order chi connectivity index (χ0) is 15.0. The molecular weight excluding hydrogens is 297 g/mol. The van der Waals surface area contributed by atoms with Crippen LogP contribution in [-0.4, -0.2) is 22.9 Å². The van der Waals surface area contributed by atoms with E-state index in [0.29, 0.717) is 0 Å². The van der Waals surface area contributed by atoms with Crippen LogP contribution in [0.4, 0.5) is 13.2 Å². The number of rotatable bonds is 2. The van der Waals surface area contributed by atoms with Crippen molar-refractivity contribution in [2.45, 2.75) is 6.92 Å². The smallest absolute Gasteiger partial charge is 0.360 e. The van der Waals surface area contributed by atoms with Crippen LogP contribution in [0.3, 0.4) is 0 Å². The average Bonchev–Trinajstić information content (AvgIpc) is 2.71. The van der Waals surface area contributed by atoms with Crippen LogP contribution in [0.25, 0.3) is 5.69 Å². The number of benzene rings is 1. The van der Waals surface area contributed by atoms with Gasteiger partial charge >= 0.3 is 5.97 Å². The van der Waals surface area contributed by atoms with Crippen molar-refractivity contribution in [3.8, 4) is 5.69 Å². The molecule has 1 aromatic heterocycles. The minimum absolute atomic E-state index is 0.0120. The van der Waals surface area contributed by atoms with E-state index in [1.54, 1.807) is 0 Å². The van der Waals surface area contributed by atoms with E-state index in [9.17, 15) is 18.0 Å². The standard InChI is InChI=1S/C12H8ClF3N2O2/c1-5-9(13)11(12(19)20-2)17-18(5)6-3-7(14)10(16)8(15)4-6/h3-4H,1-2H3. The molecule has 0 aliphatic carbocycles. The average molecular weight is 305 g/mol. The Labute approximate surface area is 116 Å². The number of hydrogen-bond donors (Lipinski definition) is 0. The molecule has 0 N–H and O–H groups in total. The second kappa shape index (κ2) is 5.16. The van der Waals surface area contributed by atoms with Gasteiger partial charge in [0.15, 0.2) is 23.1 Å². The quantitative estimate of drug-likeness (QED) is 0.633. The monoisotopic (exact) mass is 304 g/mol. The molecule has 0 radical (unpaired) electrons. The fourth-order valence-electron chi connectivity index (χ4n) is 1.63. The van der Waals surface area contributed by atoms with Crippen LogP contribution in [-0.2, 0) is 4.74 Å². The Bertz CT molecular complexity index is 677. The number of hydrogen-bond acceptors (Lipinski definition) is 3. The zero-order valence-corrected chi connectivity index (χ0v) is 11.1. The molecule has 1 aromatic carbocycles. The first-order valence-electron chi connectivity index (χ1n) is 5.35. The van der Waals surface area contributed by atoms with Crippen LogP contribution in [0, 0.1) is 24.4 Å². The van der Waals surface area contributed by atoms with E-state index < -0.39 is 23.4 Å². The summed E-state index contributed by atoms with van der Waals surface area (Å²) in [4.78, 5) is 11.4. The van der Waals surface area contributed by atoms with Gasteiger partial charge in [0.05, 0.1) is 23.5 Å². The highest BCUT2D eigenvalue weighted by Crippen LogP contribution is 2.25. The summed E-state index contributed by atoms with van der Waals surface area (Å²) in [5.41, 5.74) is -0.0368. The summed E-state index contributed by atoms with van der Waals surface area (Å²) in [6, 6.07) is 1.49. The summed E-state index contributed by atoms with van der Waals surface area (Å²) in [5.74, 6) is -5.12. The second-order valence-electron chi connectivity index (χ2n) is 3.87. The molecule has 0 atom stereocenters. The third-order valence-electron chi connectivity index (χ3n) is 2.64. The summed E-state index contributed by atoms with van der Waals surface area (Å²) < 4.78 is 44.8. The van der Waals surface area contributed by atoms with E-state index in [1.807, 2.05) is 0 Å². The van der Waals surface area contributed by atoms with Crippen LogP contribution in [0.1, 0.15) is 16.2 Å². The molecule has 0 aliphatic heterocycles. The van der Waals surface area contributed by atoms with E-state index in [2.05, 4.69) is 9.84 Å². The lowest BCUT2D eigenvalue weighted by molar-refractivity contribution is 0.0593. The van der Waals surface area contributed by atoms with Crippen molar-refractivity contribution in [3.63, 3.8) is 0 Å². The highest BCUT2D eigenvalue weighted by Gasteiger charge is 2.22. The van der Waals surface area contributed by atoms with Crippen molar-refractivity contribution < 1.29 is 22.7 Å². The summed E-state index contributed by atoms with van der Waals surface area (Å²) in [7, 11) is 1.14. The second-order valence-corrected chi connectivity index (χ2v) is 4.25. The first-order valence-corrected chi connectivity index (χ1v) is 5.73. The van der Waals surface area contributed by atoms with Gasteiger partial charge in [0.1, 0.15) is 0 Å². The molecule has 0 saturated heterocycles. The van der Waals surface area contributed by atoms with E-state index in [1.165, 1.54) is 6.92 Å². The Kier molecular flexibility index (Phi) is 3.71. The summed E-state index contributed by atoms with van der Waals surface area (Å²) >= 11 is 5.90. The summed E-state index contributed by atoms with van der Waals surface area (Å²) in [5, 5.41) is 3.80. The number of halogens is 4. The molecule has 20 heavy (non-hydrogen) atoms. The van der Waals surface area contributed by atoms with Gasteiger partial charge < -0.3 is 4.74 Å². The third kappa shape index (κ3) is 2.24. The van der Waals surface area contributed by atoms with E-state index in [-0.39, 0.29) is 22.1 Å². The molecule has 0 spiro atoms. The van der Waals surface area contributed by atoms with Crippen LogP contribution in [0.2, 0.25) is 5.02 Å².